The van der Waals surface area contributed by atoms with Crippen LogP contribution >= 0.6 is 0 Å². The van der Waals surface area contributed by atoms with Crippen molar-refractivity contribution < 1.29 is 9.90 Å². The van der Waals surface area contributed by atoms with Crippen molar-refractivity contribution in [3.8, 4) is 0 Å². The van der Waals surface area contributed by atoms with Gasteiger partial charge in [0, 0.05) is 18.6 Å². The van der Waals surface area contributed by atoms with Gasteiger partial charge in [-0.3, -0.25) is 19.5 Å². The zero-order chi connectivity index (χ0) is 17.4. The third-order valence-electron chi connectivity index (χ3n) is 5.11. The van der Waals surface area contributed by atoms with E-state index in [0.29, 0.717) is 28.8 Å². The summed E-state index contributed by atoms with van der Waals surface area (Å²) in [7, 11) is 0. The van der Waals surface area contributed by atoms with Crippen LogP contribution in [0.15, 0.2) is 29.1 Å². The SMILES string of the molecule is O=C(O)CN(CC1CC1)C1CC(Nc2nc3ccccc3c(=O)[nH]2)C1. The van der Waals surface area contributed by atoms with Gasteiger partial charge in [-0.1, -0.05) is 12.1 Å². The van der Waals surface area contributed by atoms with Gasteiger partial charge in [0.2, 0.25) is 5.95 Å². The fourth-order valence-electron chi connectivity index (χ4n) is 3.50. The minimum absolute atomic E-state index is 0.110. The van der Waals surface area contributed by atoms with Gasteiger partial charge < -0.3 is 10.4 Å². The summed E-state index contributed by atoms with van der Waals surface area (Å²) < 4.78 is 0. The number of nitrogens with one attached hydrogen (secondary N) is 2. The molecule has 132 valence electrons. The topological polar surface area (TPSA) is 98.3 Å². The molecule has 25 heavy (non-hydrogen) atoms. The second kappa shape index (κ2) is 6.48. The Hall–Kier alpha value is -2.41. The largest absolute Gasteiger partial charge is 0.480 e. The van der Waals surface area contributed by atoms with Crippen molar-refractivity contribution in [2.24, 2.45) is 5.92 Å². The van der Waals surface area contributed by atoms with Crippen molar-refractivity contribution in [2.75, 3.05) is 18.4 Å². The van der Waals surface area contributed by atoms with Gasteiger partial charge in [0.15, 0.2) is 0 Å². The normalized spacial score (nSPS) is 22.8. The molecule has 7 heteroatoms. The van der Waals surface area contributed by atoms with E-state index in [-0.39, 0.29) is 18.1 Å². The Labute approximate surface area is 145 Å². The second-order valence-electron chi connectivity index (χ2n) is 7.16. The number of fused-ring (bicyclic) bond motifs is 1. The fourth-order valence-corrected chi connectivity index (χ4v) is 3.50. The summed E-state index contributed by atoms with van der Waals surface area (Å²) in [5.74, 6) is 0.390. The van der Waals surface area contributed by atoms with Crippen molar-refractivity contribution in [1.29, 1.82) is 0 Å². The Balaban J connectivity index is 1.39. The lowest BCUT2D eigenvalue weighted by Crippen LogP contribution is -2.52. The number of nitrogens with zero attached hydrogens (tertiary/aromatic N) is 2. The van der Waals surface area contributed by atoms with E-state index < -0.39 is 5.97 Å². The highest BCUT2D eigenvalue weighted by Crippen LogP contribution is 2.34. The number of hydrogen-bond donors (Lipinski definition) is 3. The molecule has 0 amide bonds. The Kier molecular flexibility index (Phi) is 4.17. The van der Waals surface area contributed by atoms with E-state index in [1.807, 2.05) is 18.2 Å². The zero-order valence-electron chi connectivity index (χ0n) is 13.9. The standard InChI is InChI=1S/C18H22N4O3/c23-16(24)10-22(9-11-5-6-11)13-7-12(8-13)19-18-20-15-4-2-1-3-14(15)17(25)21-18/h1-4,11-13H,5-10H2,(H,23,24)(H2,19,20,21,25). The van der Waals surface area contributed by atoms with Crippen LogP contribution in [-0.4, -0.2) is 51.1 Å². The van der Waals surface area contributed by atoms with Crippen LogP contribution in [0, 0.1) is 5.92 Å². The first-order valence-corrected chi connectivity index (χ1v) is 8.80. The third-order valence-corrected chi connectivity index (χ3v) is 5.11. The molecule has 2 aromatic rings. The number of carboxylic acid groups (broad SMARTS) is 1. The molecule has 7 nitrogen and oxygen atoms in total. The predicted molar refractivity (Wildman–Crippen MR) is 94.7 cm³/mol. The smallest absolute Gasteiger partial charge is 0.317 e. The highest BCUT2D eigenvalue weighted by Gasteiger charge is 2.37. The van der Waals surface area contributed by atoms with Gasteiger partial charge in [0.1, 0.15) is 0 Å². The fraction of sp³-hybridized carbons (Fsp3) is 0.500. The van der Waals surface area contributed by atoms with Crippen molar-refractivity contribution in [3.05, 3.63) is 34.6 Å². The molecule has 0 radical (unpaired) electrons. The highest BCUT2D eigenvalue weighted by atomic mass is 16.4. The molecule has 0 aliphatic heterocycles. The molecular weight excluding hydrogens is 320 g/mol. The van der Waals surface area contributed by atoms with Crippen LogP contribution in [-0.2, 0) is 4.79 Å². The molecule has 2 aliphatic rings. The second-order valence-corrected chi connectivity index (χ2v) is 7.16. The van der Waals surface area contributed by atoms with Gasteiger partial charge in [0.05, 0.1) is 17.4 Å². The third kappa shape index (κ3) is 3.66. The van der Waals surface area contributed by atoms with E-state index >= 15 is 0 Å². The number of anilines is 1. The van der Waals surface area contributed by atoms with Crippen LogP contribution in [0.2, 0.25) is 0 Å². The van der Waals surface area contributed by atoms with E-state index in [9.17, 15) is 9.59 Å². The van der Waals surface area contributed by atoms with E-state index in [1.54, 1.807) is 6.07 Å². The van der Waals surface area contributed by atoms with Crippen molar-refractivity contribution in [3.63, 3.8) is 0 Å². The van der Waals surface area contributed by atoms with Gasteiger partial charge in [-0.05, 0) is 43.7 Å². The molecule has 3 N–H and O–H groups in total. The predicted octanol–water partition coefficient (Wildman–Crippen LogP) is 1.66. The van der Waals surface area contributed by atoms with Gasteiger partial charge in [0.25, 0.3) is 5.56 Å². The lowest BCUT2D eigenvalue weighted by atomic mass is 9.85. The average Bonchev–Trinajstić information content (AvgIpc) is 3.33. The van der Waals surface area contributed by atoms with Gasteiger partial charge in [-0.25, -0.2) is 4.98 Å². The van der Waals surface area contributed by atoms with Crippen LogP contribution in [0.5, 0.6) is 0 Å². The first-order chi connectivity index (χ1) is 12.1. The maximum atomic E-state index is 12.1. The zero-order valence-corrected chi connectivity index (χ0v) is 13.9. The Morgan fingerprint density at radius 2 is 2.08 bits per heavy atom. The van der Waals surface area contributed by atoms with Crippen LogP contribution < -0.4 is 10.9 Å². The molecule has 1 heterocycles. The summed E-state index contributed by atoms with van der Waals surface area (Å²) in [6.45, 7) is 0.994. The maximum absolute atomic E-state index is 12.1. The molecular formula is C18H22N4O3. The van der Waals surface area contributed by atoms with Crippen LogP contribution in [0.25, 0.3) is 10.9 Å². The number of aromatic nitrogens is 2. The van der Waals surface area contributed by atoms with Crippen LogP contribution in [0.1, 0.15) is 25.7 Å². The molecule has 1 aromatic heterocycles. The quantitative estimate of drug-likeness (QED) is 0.708. The minimum atomic E-state index is -0.766. The Bertz CT molecular complexity index is 840. The van der Waals surface area contributed by atoms with Crippen molar-refractivity contribution in [2.45, 2.75) is 37.8 Å². The number of H-pyrrole nitrogens is 1. The molecule has 4 rings (SSSR count). The molecule has 0 unspecified atom stereocenters. The first-order valence-electron chi connectivity index (χ1n) is 8.80. The maximum Gasteiger partial charge on any atom is 0.317 e. The lowest BCUT2D eigenvalue weighted by molar-refractivity contribution is -0.139. The number of benzene rings is 1. The van der Waals surface area contributed by atoms with E-state index in [4.69, 9.17) is 5.11 Å². The molecule has 1 aromatic carbocycles. The molecule has 0 spiro atoms. The van der Waals surface area contributed by atoms with E-state index in [1.165, 1.54) is 12.8 Å². The molecule has 2 fully saturated rings. The monoisotopic (exact) mass is 342 g/mol. The number of rotatable bonds is 7. The summed E-state index contributed by atoms with van der Waals surface area (Å²) >= 11 is 0. The molecule has 0 atom stereocenters. The van der Waals surface area contributed by atoms with Crippen molar-refractivity contribution in [1.82, 2.24) is 14.9 Å². The average molecular weight is 342 g/mol. The Morgan fingerprint density at radius 1 is 1.32 bits per heavy atom. The van der Waals surface area contributed by atoms with Gasteiger partial charge in [-0.15, -0.1) is 0 Å². The summed E-state index contributed by atoms with van der Waals surface area (Å²) in [5, 5.41) is 13.0. The van der Waals surface area contributed by atoms with E-state index in [2.05, 4.69) is 20.2 Å². The molecule has 0 bridgehead atoms. The number of carboxylic acids is 1. The van der Waals surface area contributed by atoms with Gasteiger partial charge in [-0.2, -0.15) is 0 Å². The number of aromatic amines is 1. The highest BCUT2D eigenvalue weighted by molar-refractivity contribution is 5.78. The Morgan fingerprint density at radius 3 is 2.80 bits per heavy atom. The van der Waals surface area contributed by atoms with E-state index in [0.717, 1.165) is 19.4 Å². The molecule has 2 aliphatic carbocycles. The summed E-state index contributed by atoms with van der Waals surface area (Å²) in [4.78, 5) is 32.5. The number of hydrogen-bond acceptors (Lipinski definition) is 5. The van der Waals surface area contributed by atoms with Gasteiger partial charge >= 0.3 is 5.97 Å². The lowest BCUT2D eigenvalue weighted by Gasteiger charge is -2.42. The minimum Gasteiger partial charge on any atom is -0.480 e. The number of aliphatic carboxylic acids is 1. The van der Waals surface area contributed by atoms with Crippen molar-refractivity contribution >= 4 is 22.8 Å². The molecule has 0 saturated heterocycles. The summed E-state index contributed by atoms with van der Waals surface area (Å²) in [5.41, 5.74) is 0.524. The summed E-state index contributed by atoms with van der Waals surface area (Å²) in [6, 6.07) is 7.76. The summed E-state index contributed by atoms with van der Waals surface area (Å²) in [6.07, 6.45) is 4.17. The first kappa shape index (κ1) is 16.1. The van der Waals surface area contributed by atoms with Crippen LogP contribution in [0.4, 0.5) is 5.95 Å². The van der Waals surface area contributed by atoms with Crippen LogP contribution in [0.3, 0.4) is 0 Å². The number of carbonyl (C=O) groups is 1. The molecule has 2 saturated carbocycles. The number of para-hydroxylation sites is 1.